The van der Waals surface area contributed by atoms with Gasteiger partial charge in [0.05, 0.1) is 26.7 Å². The molecule has 7 heteroatoms. The lowest BCUT2D eigenvalue weighted by atomic mass is 9.76. The van der Waals surface area contributed by atoms with Crippen LogP contribution in [0.3, 0.4) is 0 Å². The van der Waals surface area contributed by atoms with E-state index in [1.54, 1.807) is 14.2 Å². The Kier molecular flexibility index (Phi) is 10.3. The van der Waals surface area contributed by atoms with E-state index in [2.05, 4.69) is 26.8 Å². The van der Waals surface area contributed by atoms with Crippen LogP contribution >= 0.6 is 0 Å². The second-order valence-electron chi connectivity index (χ2n) is 12.8. The Morgan fingerprint density at radius 2 is 1.69 bits per heavy atom. The molecule has 1 aliphatic carbocycles. The van der Waals surface area contributed by atoms with Crippen molar-refractivity contribution in [3.63, 3.8) is 0 Å². The maximum atomic E-state index is 13.6. The third kappa shape index (κ3) is 7.41. The highest BCUT2D eigenvalue weighted by atomic mass is 16.5. The van der Waals surface area contributed by atoms with Crippen molar-refractivity contribution in [1.82, 2.24) is 14.7 Å². The van der Waals surface area contributed by atoms with E-state index in [1.165, 1.54) is 50.8 Å². The molecule has 42 heavy (non-hydrogen) atoms. The van der Waals surface area contributed by atoms with Crippen LogP contribution in [0.1, 0.15) is 69.9 Å². The zero-order valence-electron chi connectivity index (χ0n) is 26.3. The number of hydrogen-bond acceptors (Lipinski definition) is 6. The zero-order chi connectivity index (χ0) is 29.5. The van der Waals surface area contributed by atoms with Crippen LogP contribution in [-0.4, -0.2) is 92.8 Å². The Morgan fingerprint density at radius 3 is 2.40 bits per heavy atom. The van der Waals surface area contributed by atoms with Gasteiger partial charge in [0.15, 0.2) is 11.5 Å². The number of piperazine rings is 1. The first kappa shape index (κ1) is 30.7. The normalized spacial score (nSPS) is 22.5. The molecule has 2 aromatic carbocycles. The summed E-state index contributed by atoms with van der Waals surface area (Å²) in [5.74, 6) is 2.49. The Bertz CT molecular complexity index is 1170. The van der Waals surface area contributed by atoms with Crippen LogP contribution in [-0.2, 0) is 16.6 Å². The molecule has 5 rings (SSSR count). The van der Waals surface area contributed by atoms with E-state index in [0.29, 0.717) is 6.42 Å². The van der Waals surface area contributed by atoms with Gasteiger partial charge < -0.3 is 24.0 Å². The fraction of sp³-hybridized carbons (Fsp3) is 0.629. The summed E-state index contributed by atoms with van der Waals surface area (Å²) in [6.07, 6.45) is 9.42. The fourth-order valence-corrected chi connectivity index (χ4v) is 7.29. The van der Waals surface area contributed by atoms with Crippen molar-refractivity contribution in [2.45, 2.75) is 82.8 Å². The molecule has 2 heterocycles. The minimum Gasteiger partial charge on any atom is -0.493 e. The predicted molar refractivity (Wildman–Crippen MR) is 168 cm³/mol. The van der Waals surface area contributed by atoms with Crippen molar-refractivity contribution in [3.8, 4) is 17.2 Å². The number of ether oxygens (including phenoxy) is 3. The summed E-state index contributed by atoms with van der Waals surface area (Å²) >= 11 is 0. The molecule has 3 aliphatic rings. The van der Waals surface area contributed by atoms with Crippen LogP contribution < -0.4 is 14.2 Å². The van der Waals surface area contributed by atoms with Gasteiger partial charge in [-0.2, -0.15) is 0 Å². The first-order valence-corrected chi connectivity index (χ1v) is 16.1. The maximum Gasteiger partial charge on any atom is 0.227 e. The Labute approximate surface area is 253 Å². The number of amides is 1. The maximum absolute atomic E-state index is 13.6. The lowest BCUT2D eigenvalue weighted by Gasteiger charge is -2.42. The number of methoxy groups -OCH3 is 2. The Balaban J connectivity index is 1.27. The summed E-state index contributed by atoms with van der Waals surface area (Å²) in [5, 5.41) is 0. The van der Waals surface area contributed by atoms with E-state index in [9.17, 15) is 4.79 Å². The van der Waals surface area contributed by atoms with Crippen LogP contribution in [0, 0.1) is 0 Å². The van der Waals surface area contributed by atoms with E-state index in [1.807, 2.05) is 44.2 Å². The molecule has 3 fully saturated rings. The van der Waals surface area contributed by atoms with Crippen molar-refractivity contribution >= 4 is 5.91 Å². The molecule has 1 amide bonds. The highest BCUT2D eigenvalue weighted by Gasteiger charge is 2.42. The summed E-state index contributed by atoms with van der Waals surface area (Å²) in [5.41, 5.74) is 2.12. The van der Waals surface area contributed by atoms with Crippen molar-refractivity contribution < 1.29 is 19.0 Å². The number of rotatable bonds is 11. The number of likely N-dealkylation sites (tertiary alicyclic amines) is 1. The second kappa shape index (κ2) is 14.1. The van der Waals surface area contributed by atoms with Gasteiger partial charge in [0.25, 0.3) is 0 Å². The lowest BCUT2D eigenvalue weighted by molar-refractivity contribution is -0.129. The molecular weight excluding hydrogens is 526 g/mol. The van der Waals surface area contributed by atoms with Gasteiger partial charge in [-0.3, -0.25) is 9.69 Å². The summed E-state index contributed by atoms with van der Waals surface area (Å²) in [6.45, 7) is 11.2. The van der Waals surface area contributed by atoms with Crippen molar-refractivity contribution in [2.75, 3.05) is 60.0 Å². The van der Waals surface area contributed by atoms with Crippen LogP contribution in [0.2, 0.25) is 0 Å². The number of hydrogen-bond donors (Lipinski definition) is 0. The standard InChI is InChI=1S/C35H51N3O4/c1-27(2)42-31-12-8-9-28(23-31)24-34(39)38-18-16-35(26-38,29-13-14-32(40-3)33(25-29)41-4)15-17-36-19-21-37(22-20-36)30-10-6-5-7-11-30/h8-9,12-14,23,25,27,30H,5-7,10-11,15-22,24,26H2,1-4H3/t35-/m1/s1. The van der Waals surface area contributed by atoms with Crippen molar-refractivity contribution in [1.29, 1.82) is 0 Å². The van der Waals surface area contributed by atoms with E-state index in [4.69, 9.17) is 14.2 Å². The fourth-order valence-electron chi connectivity index (χ4n) is 7.29. The monoisotopic (exact) mass is 577 g/mol. The number of carbonyl (C=O) groups excluding carboxylic acids is 1. The molecule has 0 spiro atoms. The van der Waals surface area contributed by atoms with Crippen molar-refractivity contribution in [2.24, 2.45) is 0 Å². The van der Waals surface area contributed by atoms with Gasteiger partial charge in [0, 0.05) is 50.7 Å². The third-order valence-corrected chi connectivity index (χ3v) is 9.73. The quantitative estimate of drug-likeness (QED) is 0.349. The number of carbonyl (C=O) groups is 1. The molecule has 1 saturated carbocycles. The van der Waals surface area contributed by atoms with Gasteiger partial charge in [-0.05, 0) is 81.5 Å². The van der Waals surface area contributed by atoms with Gasteiger partial charge in [-0.25, -0.2) is 0 Å². The highest BCUT2D eigenvalue weighted by molar-refractivity contribution is 5.79. The highest BCUT2D eigenvalue weighted by Crippen LogP contribution is 2.42. The van der Waals surface area contributed by atoms with Crippen LogP contribution in [0.5, 0.6) is 17.2 Å². The molecule has 0 N–H and O–H groups in total. The van der Waals surface area contributed by atoms with E-state index in [0.717, 1.165) is 74.4 Å². The summed E-state index contributed by atoms with van der Waals surface area (Å²) in [7, 11) is 3.37. The molecule has 2 saturated heterocycles. The molecule has 0 unspecified atom stereocenters. The minimum atomic E-state index is -0.113. The smallest absolute Gasteiger partial charge is 0.227 e. The first-order valence-electron chi connectivity index (χ1n) is 16.1. The predicted octanol–water partition coefficient (Wildman–Crippen LogP) is 5.54. The molecule has 1 atom stereocenters. The van der Waals surface area contributed by atoms with E-state index < -0.39 is 0 Å². The van der Waals surface area contributed by atoms with Gasteiger partial charge >= 0.3 is 0 Å². The molecule has 0 bridgehead atoms. The largest absolute Gasteiger partial charge is 0.493 e. The first-order chi connectivity index (χ1) is 20.4. The number of benzene rings is 2. The molecule has 0 aromatic heterocycles. The number of nitrogens with zero attached hydrogens (tertiary/aromatic N) is 3. The van der Waals surface area contributed by atoms with Gasteiger partial charge in [0.2, 0.25) is 5.91 Å². The van der Waals surface area contributed by atoms with Gasteiger partial charge in [-0.1, -0.05) is 37.5 Å². The van der Waals surface area contributed by atoms with Crippen LogP contribution in [0.4, 0.5) is 0 Å². The summed E-state index contributed by atoms with van der Waals surface area (Å²) < 4.78 is 17.1. The van der Waals surface area contributed by atoms with Crippen molar-refractivity contribution in [3.05, 3.63) is 53.6 Å². The van der Waals surface area contributed by atoms with E-state index >= 15 is 0 Å². The zero-order valence-corrected chi connectivity index (χ0v) is 26.3. The van der Waals surface area contributed by atoms with E-state index in [-0.39, 0.29) is 17.4 Å². The molecule has 2 aliphatic heterocycles. The molecule has 230 valence electrons. The topological polar surface area (TPSA) is 54.5 Å². The molecule has 0 radical (unpaired) electrons. The summed E-state index contributed by atoms with van der Waals surface area (Å²) in [6, 6.07) is 15.1. The average Bonchev–Trinajstić information content (AvgIpc) is 3.46. The average molecular weight is 578 g/mol. The van der Waals surface area contributed by atoms with Crippen LogP contribution in [0.25, 0.3) is 0 Å². The molecular formula is C35H51N3O4. The van der Waals surface area contributed by atoms with Crippen LogP contribution in [0.15, 0.2) is 42.5 Å². The Morgan fingerprint density at radius 1 is 0.929 bits per heavy atom. The van der Waals surface area contributed by atoms with Gasteiger partial charge in [0.1, 0.15) is 5.75 Å². The summed E-state index contributed by atoms with van der Waals surface area (Å²) in [4.78, 5) is 21.1. The SMILES string of the molecule is COc1ccc([C@]2(CCN3CCN(C4CCCCC4)CC3)CCN(C(=O)Cc3cccc(OC(C)C)c3)C2)cc1OC. The molecule has 7 nitrogen and oxygen atoms in total. The minimum absolute atomic E-state index is 0.104. The Hall–Kier alpha value is -2.77. The van der Waals surface area contributed by atoms with Gasteiger partial charge in [-0.15, -0.1) is 0 Å². The second-order valence-corrected chi connectivity index (χ2v) is 12.8. The molecule has 2 aromatic rings. The lowest BCUT2D eigenvalue weighted by Crippen LogP contribution is -2.51. The third-order valence-electron chi connectivity index (χ3n) is 9.73.